The van der Waals surface area contributed by atoms with E-state index in [0.717, 1.165) is 102 Å². The van der Waals surface area contributed by atoms with Gasteiger partial charge in [-0.3, -0.25) is 9.89 Å². The molecule has 2 fully saturated rings. The van der Waals surface area contributed by atoms with Crippen LogP contribution in [0.15, 0.2) is 61.7 Å². The Morgan fingerprint density at radius 2 is 1.31 bits per heavy atom. The highest BCUT2D eigenvalue weighted by Crippen LogP contribution is 2.31. The van der Waals surface area contributed by atoms with Gasteiger partial charge in [0.05, 0.1) is 20.1 Å². The molecular weight excluding hydrogens is 816 g/mol. The van der Waals surface area contributed by atoms with E-state index in [4.69, 9.17) is 37.8 Å². The number of aromatic amines is 1. The Kier molecular flexibility index (Phi) is 17.1. The van der Waals surface area contributed by atoms with E-state index in [-0.39, 0.29) is 37.2 Å². The van der Waals surface area contributed by atoms with E-state index in [1.165, 1.54) is 9.75 Å². The van der Waals surface area contributed by atoms with Crippen LogP contribution >= 0.6 is 45.9 Å². The minimum atomic E-state index is -0.528. The van der Waals surface area contributed by atoms with Crippen molar-refractivity contribution in [3.8, 4) is 0 Å². The summed E-state index contributed by atoms with van der Waals surface area (Å²) in [5.74, 6) is 0.579. The van der Waals surface area contributed by atoms with Crippen LogP contribution in [0.2, 0.25) is 8.67 Å². The number of aromatic nitrogens is 4. The highest BCUT2D eigenvalue weighted by molar-refractivity contribution is 7.16. The normalized spacial score (nSPS) is 17.4. The number of amides is 2. The molecule has 4 aromatic rings. The Bertz CT molecular complexity index is 1980. The van der Waals surface area contributed by atoms with Gasteiger partial charge in [0.15, 0.2) is 0 Å². The molecule has 6 rings (SSSR count). The van der Waals surface area contributed by atoms with Gasteiger partial charge in [0.2, 0.25) is 0 Å². The maximum Gasteiger partial charge on any atom is 0.410 e. The van der Waals surface area contributed by atoms with Gasteiger partial charge in [0, 0.05) is 64.6 Å². The SMILES string of the molecule is C=CCOC(=O)N1CCCC(c2cc(CCc3ccc(Cl)s3)[nH]n2)CC1.C=CCOC(=O)N1CCCC(c2cc(CCc3ccc(Cl)s3)n(C(=O)C(C)(C)C)n2)CC1. The molecule has 2 atom stereocenters. The predicted molar refractivity (Wildman–Crippen MR) is 234 cm³/mol. The Morgan fingerprint density at radius 1 is 0.776 bits per heavy atom. The number of thiophene rings is 2. The van der Waals surface area contributed by atoms with Crippen molar-refractivity contribution in [3.05, 3.63) is 103 Å². The number of carbonyl (C=O) groups is 3. The van der Waals surface area contributed by atoms with Crippen molar-refractivity contribution in [1.29, 1.82) is 0 Å². The fourth-order valence-corrected chi connectivity index (χ4v) is 9.28. The average Bonchev–Trinajstić information content (AvgIpc) is 3.96. The van der Waals surface area contributed by atoms with Crippen LogP contribution in [0, 0.1) is 5.41 Å². The molecule has 0 bridgehead atoms. The molecule has 11 nitrogen and oxygen atoms in total. The zero-order chi connectivity index (χ0) is 41.7. The van der Waals surface area contributed by atoms with Crippen LogP contribution < -0.4 is 0 Å². The summed E-state index contributed by atoms with van der Waals surface area (Å²) in [4.78, 5) is 43.4. The number of nitrogens with one attached hydrogen (secondary N) is 1. The van der Waals surface area contributed by atoms with Crippen molar-refractivity contribution >= 4 is 64.0 Å². The molecule has 0 saturated carbocycles. The summed E-state index contributed by atoms with van der Waals surface area (Å²) in [6.45, 7) is 16.1. The average molecular weight is 872 g/mol. The van der Waals surface area contributed by atoms with Crippen LogP contribution in [0.4, 0.5) is 9.59 Å². The third-order valence-corrected chi connectivity index (χ3v) is 12.9. The Balaban J connectivity index is 0.000000226. The summed E-state index contributed by atoms with van der Waals surface area (Å²) in [5.41, 5.74) is 3.58. The second-order valence-corrected chi connectivity index (χ2v) is 19.3. The molecule has 58 heavy (non-hydrogen) atoms. The lowest BCUT2D eigenvalue weighted by atomic mass is 9.95. The van der Waals surface area contributed by atoms with Gasteiger partial charge in [-0.2, -0.15) is 10.2 Å². The van der Waals surface area contributed by atoms with Gasteiger partial charge in [0.1, 0.15) is 13.2 Å². The summed E-state index contributed by atoms with van der Waals surface area (Å²) in [6, 6.07) is 12.2. The second kappa shape index (κ2) is 21.9. The fourth-order valence-electron chi connectivity index (χ4n) is 7.10. The predicted octanol–water partition coefficient (Wildman–Crippen LogP) is 10.8. The van der Waals surface area contributed by atoms with Crippen LogP contribution in [0.1, 0.15) is 108 Å². The molecule has 0 aliphatic carbocycles. The monoisotopic (exact) mass is 870 g/mol. The highest BCUT2D eigenvalue weighted by atomic mass is 35.5. The Hall–Kier alpha value is -3.91. The lowest BCUT2D eigenvalue weighted by molar-refractivity contribution is 0.0743. The smallest absolute Gasteiger partial charge is 0.410 e. The number of ether oxygens (including phenoxy) is 2. The molecule has 0 spiro atoms. The fraction of sp³-hybridized carbons (Fsp3) is 0.512. The number of hydrogen-bond acceptors (Lipinski definition) is 9. The first-order valence-electron chi connectivity index (χ1n) is 20.1. The van der Waals surface area contributed by atoms with E-state index in [2.05, 4.69) is 41.6 Å². The first-order chi connectivity index (χ1) is 27.8. The van der Waals surface area contributed by atoms with E-state index in [0.29, 0.717) is 25.6 Å². The lowest BCUT2D eigenvalue weighted by Crippen LogP contribution is -2.32. The zero-order valence-corrected chi connectivity index (χ0v) is 37.0. The quantitative estimate of drug-likeness (QED) is 0.141. The van der Waals surface area contributed by atoms with E-state index >= 15 is 0 Å². The minimum Gasteiger partial charge on any atom is -0.445 e. The molecule has 1 N–H and O–H groups in total. The summed E-state index contributed by atoms with van der Waals surface area (Å²) in [5, 5.41) is 12.5. The summed E-state index contributed by atoms with van der Waals surface area (Å²) in [6.07, 6.45) is 11.5. The molecule has 2 saturated heterocycles. The number of H-pyrrole nitrogens is 1. The molecule has 6 heterocycles. The molecule has 314 valence electrons. The van der Waals surface area contributed by atoms with Crippen LogP contribution in [-0.2, 0) is 35.2 Å². The van der Waals surface area contributed by atoms with Gasteiger partial charge in [-0.05, 0) is 101 Å². The summed E-state index contributed by atoms with van der Waals surface area (Å²) < 4.78 is 13.5. The first-order valence-corrected chi connectivity index (χ1v) is 22.4. The second-order valence-electron chi connectivity index (χ2n) is 15.7. The summed E-state index contributed by atoms with van der Waals surface area (Å²) in [7, 11) is 0. The van der Waals surface area contributed by atoms with Gasteiger partial charge < -0.3 is 19.3 Å². The van der Waals surface area contributed by atoms with Crippen molar-refractivity contribution in [2.24, 2.45) is 5.41 Å². The number of nitrogens with zero attached hydrogens (tertiary/aromatic N) is 5. The van der Waals surface area contributed by atoms with Gasteiger partial charge in [-0.1, -0.05) is 69.3 Å². The minimum absolute atomic E-state index is 0.00814. The number of hydrogen-bond donors (Lipinski definition) is 1. The van der Waals surface area contributed by atoms with Crippen molar-refractivity contribution < 1.29 is 23.9 Å². The molecule has 15 heteroatoms. The first kappa shape index (κ1) is 45.2. The van der Waals surface area contributed by atoms with Gasteiger partial charge >= 0.3 is 12.2 Å². The number of rotatable bonds is 12. The third kappa shape index (κ3) is 13.3. The molecular formula is C43H56Cl2N6O5S2. The Labute approximate surface area is 360 Å². The van der Waals surface area contributed by atoms with Gasteiger partial charge in [-0.25, -0.2) is 14.3 Å². The van der Waals surface area contributed by atoms with Crippen LogP contribution in [0.5, 0.6) is 0 Å². The maximum absolute atomic E-state index is 13.1. The van der Waals surface area contributed by atoms with Crippen LogP contribution in [0.25, 0.3) is 0 Å². The molecule has 0 radical (unpaired) electrons. The van der Waals surface area contributed by atoms with E-state index in [9.17, 15) is 14.4 Å². The molecule has 2 aliphatic rings. The highest BCUT2D eigenvalue weighted by Gasteiger charge is 2.30. The number of carbonyl (C=O) groups excluding carboxylic acids is 3. The van der Waals surface area contributed by atoms with Gasteiger partial charge in [0.25, 0.3) is 5.91 Å². The van der Waals surface area contributed by atoms with Crippen LogP contribution in [-0.4, -0.2) is 87.3 Å². The lowest BCUT2D eigenvalue weighted by Gasteiger charge is -2.19. The van der Waals surface area contributed by atoms with Crippen molar-refractivity contribution in [2.75, 3.05) is 39.4 Å². The molecule has 2 aliphatic heterocycles. The summed E-state index contributed by atoms with van der Waals surface area (Å²) >= 11 is 15.3. The van der Waals surface area contributed by atoms with Crippen molar-refractivity contribution in [1.82, 2.24) is 29.8 Å². The van der Waals surface area contributed by atoms with Crippen molar-refractivity contribution in [2.45, 2.75) is 96.8 Å². The number of likely N-dealkylation sites (tertiary alicyclic amines) is 2. The molecule has 4 aromatic heterocycles. The van der Waals surface area contributed by atoms with Crippen LogP contribution in [0.3, 0.4) is 0 Å². The van der Waals surface area contributed by atoms with E-state index in [1.54, 1.807) is 49.3 Å². The standard InChI is InChI=1S/C24H32ClN3O3S.C19H24ClN3O2S/c1-5-15-31-23(30)27-13-6-7-17(12-14-27)20-16-18(8-9-19-10-11-21(25)32-19)28(26-20)22(29)24(2,3)4;1-2-12-25-19(24)23-10-3-4-14(9-11-23)17-13-15(21-22-17)5-6-16-7-8-18(20)26-16/h5,10-11,16-17H,1,6-9,12-15H2,2-4H3;2,7-8,13-14H,1,3-6,9-12H2,(H,21,22). The van der Waals surface area contributed by atoms with Gasteiger partial charge in [-0.15, -0.1) is 22.7 Å². The number of aryl methyl sites for hydroxylation is 4. The molecule has 0 aromatic carbocycles. The van der Waals surface area contributed by atoms with Crippen molar-refractivity contribution in [3.63, 3.8) is 0 Å². The number of halogens is 2. The third-order valence-electron chi connectivity index (χ3n) is 10.3. The van der Waals surface area contributed by atoms with E-state index in [1.807, 2.05) is 39.0 Å². The largest absolute Gasteiger partial charge is 0.445 e. The van der Waals surface area contributed by atoms with E-state index < -0.39 is 5.41 Å². The zero-order valence-electron chi connectivity index (χ0n) is 33.9. The maximum atomic E-state index is 13.1. The Morgan fingerprint density at radius 3 is 1.81 bits per heavy atom. The molecule has 2 unspecified atom stereocenters. The topological polar surface area (TPSA) is 123 Å². The molecule has 2 amide bonds.